The highest BCUT2D eigenvalue weighted by molar-refractivity contribution is 5.82. The van der Waals surface area contributed by atoms with Crippen molar-refractivity contribution in [1.29, 1.82) is 0 Å². The minimum Gasteiger partial charge on any atom is -0.484 e. The Bertz CT molecular complexity index is 1380. The van der Waals surface area contributed by atoms with Crippen LogP contribution in [0, 0.1) is 24.0 Å². The van der Waals surface area contributed by atoms with Crippen LogP contribution in [0.15, 0.2) is 66.9 Å². The number of halogens is 2. The average Bonchev–Trinajstić information content (AvgIpc) is 3.28. The number of aliphatic hydroxyl groups is 1. The summed E-state index contributed by atoms with van der Waals surface area (Å²) in [7, 11) is 0. The summed E-state index contributed by atoms with van der Waals surface area (Å²) in [6.45, 7) is 6.42. The zero-order valence-electron chi connectivity index (χ0n) is 20.6. The zero-order valence-corrected chi connectivity index (χ0v) is 20.6. The molecule has 0 fully saturated rings. The van der Waals surface area contributed by atoms with Crippen LogP contribution in [-0.4, -0.2) is 33.4 Å². The highest BCUT2D eigenvalue weighted by Gasteiger charge is 2.31. The van der Waals surface area contributed by atoms with Crippen molar-refractivity contribution in [2.75, 3.05) is 6.61 Å². The van der Waals surface area contributed by atoms with E-state index in [1.54, 1.807) is 68.9 Å². The van der Waals surface area contributed by atoms with Crippen LogP contribution in [0.5, 0.6) is 5.75 Å². The molecule has 2 N–H and O–H groups in total. The van der Waals surface area contributed by atoms with Crippen LogP contribution in [0.2, 0.25) is 0 Å². The number of nitrogens with one attached hydrogen (secondary N) is 1. The van der Waals surface area contributed by atoms with Crippen molar-refractivity contribution in [3.8, 4) is 11.4 Å². The van der Waals surface area contributed by atoms with Crippen molar-refractivity contribution >= 4 is 16.8 Å². The molecule has 0 unspecified atom stereocenters. The predicted molar refractivity (Wildman–Crippen MR) is 134 cm³/mol. The van der Waals surface area contributed by atoms with E-state index >= 15 is 0 Å². The number of carbonyl (C=O) groups excluding carboxylic acids is 1. The van der Waals surface area contributed by atoms with E-state index in [4.69, 9.17) is 4.74 Å². The molecule has 8 heteroatoms. The van der Waals surface area contributed by atoms with Gasteiger partial charge in [-0.15, -0.1) is 0 Å². The van der Waals surface area contributed by atoms with Crippen LogP contribution in [-0.2, 0) is 4.79 Å². The van der Waals surface area contributed by atoms with E-state index in [0.717, 1.165) is 16.6 Å². The molecule has 1 heterocycles. The molecular weight excluding hydrogens is 464 g/mol. The quantitative estimate of drug-likeness (QED) is 0.351. The fourth-order valence-corrected chi connectivity index (χ4v) is 3.81. The van der Waals surface area contributed by atoms with Crippen molar-refractivity contribution in [2.45, 2.75) is 39.8 Å². The van der Waals surface area contributed by atoms with Gasteiger partial charge in [-0.05, 0) is 87.4 Å². The second-order valence-corrected chi connectivity index (χ2v) is 9.60. The lowest BCUT2D eigenvalue weighted by Gasteiger charge is -2.30. The van der Waals surface area contributed by atoms with Gasteiger partial charge in [0, 0.05) is 5.39 Å². The smallest absolute Gasteiger partial charge is 0.228 e. The largest absolute Gasteiger partial charge is 0.484 e. The number of fused-ring (bicyclic) bond motifs is 1. The maximum absolute atomic E-state index is 14.4. The lowest BCUT2D eigenvalue weighted by atomic mass is 9.92. The fraction of sp³-hybridized carbons (Fsp3) is 0.286. The van der Waals surface area contributed by atoms with Gasteiger partial charge in [-0.3, -0.25) is 4.79 Å². The van der Waals surface area contributed by atoms with E-state index < -0.39 is 17.6 Å². The monoisotopic (exact) mass is 493 g/mol. The molecule has 0 bridgehead atoms. The number of carbonyl (C=O) groups is 1. The first-order valence-electron chi connectivity index (χ1n) is 11.7. The molecular formula is C28H29F2N3O3. The Kier molecular flexibility index (Phi) is 7.08. The summed E-state index contributed by atoms with van der Waals surface area (Å²) in [5, 5.41) is 17.7. The van der Waals surface area contributed by atoms with Gasteiger partial charge < -0.3 is 15.2 Å². The first kappa shape index (κ1) is 25.3. The second kappa shape index (κ2) is 10.1. The first-order valence-corrected chi connectivity index (χ1v) is 11.7. The molecule has 6 nitrogen and oxygen atoms in total. The lowest BCUT2D eigenvalue weighted by molar-refractivity contribution is -0.132. The van der Waals surface area contributed by atoms with Crippen molar-refractivity contribution in [2.24, 2.45) is 5.41 Å². The molecule has 188 valence electrons. The van der Waals surface area contributed by atoms with Gasteiger partial charge in [0.15, 0.2) is 0 Å². The SMILES string of the molecule is Cc1ccc([C@H](Oc2ccc3c(cnn3-c3ccc(F)cc3)c2)[C@H](C)NC(=O)C(C)(C)CO)cc1F. The van der Waals surface area contributed by atoms with Gasteiger partial charge in [0.25, 0.3) is 0 Å². The number of amides is 1. The topological polar surface area (TPSA) is 76.4 Å². The Labute approximate surface area is 208 Å². The number of aromatic nitrogens is 2. The normalized spacial score (nSPS) is 13.4. The molecule has 0 spiro atoms. The minimum atomic E-state index is -0.981. The molecule has 0 aliphatic heterocycles. The highest BCUT2D eigenvalue weighted by atomic mass is 19.1. The van der Waals surface area contributed by atoms with Crippen LogP contribution in [0.3, 0.4) is 0 Å². The van der Waals surface area contributed by atoms with E-state index in [0.29, 0.717) is 16.9 Å². The number of hydrogen-bond acceptors (Lipinski definition) is 4. The number of benzene rings is 3. The number of nitrogens with zero attached hydrogens (tertiary/aromatic N) is 2. The van der Waals surface area contributed by atoms with Crippen molar-refractivity contribution in [3.05, 3.63) is 89.6 Å². The van der Waals surface area contributed by atoms with Gasteiger partial charge in [0.2, 0.25) is 5.91 Å². The molecule has 1 aromatic heterocycles. The fourth-order valence-electron chi connectivity index (χ4n) is 3.81. The maximum atomic E-state index is 14.4. The molecule has 4 aromatic rings. The Morgan fingerprint density at radius 2 is 1.83 bits per heavy atom. The first-order chi connectivity index (χ1) is 17.1. The number of aryl methyl sites for hydroxylation is 1. The van der Waals surface area contributed by atoms with Gasteiger partial charge in [0.1, 0.15) is 23.5 Å². The van der Waals surface area contributed by atoms with Crippen LogP contribution in [0.4, 0.5) is 8.78 Å². The molecule has 3 aromatic carbocycles. The summed E-state index contributed by atoms with van der Waals surface area (Å²) in [4.78, 5) is 12.7. The summed E-state index contributed by atoms with van der Waals surface area (Å²) in [5.41, 5.74) is 1.61. The third kappa shape index (κ3) is 5.23. The van der Waals surface area contributed by atoms with Crippen LogP contribution in [0.25, 0.3) is 16.6 Å². The number of aliphatic hydroxyl groups excluding tert-OH is 1. The van der Waals surface area contributed by atoms with E-state index in [-0.39, 0.29) is 24.1 Å². The Hall–Kier alpha value is -3.78. The molecule has 0 saturated heterocycles. The Morgan fingerprint density at radius 1 is 1.11 bits per heavy atom. The summed E-state index contributed by atoms with van der Waals surface area (Å²) in [6, 6.07) is 15.8. The summed E-state index contributed by atoms with van der Waals surface area (Å²) >= 11 is 0. The van der Waals surface area contributed by atoms with Gasteiger partial charge in [-0.1, -0.05) is 12.1 Å². The van der Waals surface area contributed by atoms with Gasteiger partial charge in [-0.2, -0.15) is 5.10 Å². The number of ether oxygens (including phenoxy) is 1. The molecule has 0 saturated carbocycles. The minimum absolute atomic E-state index is 0.315. The standard InChI is InChI=1S/C28H29F2N3O3/c1-17-5-6-19(14-24(17)30)26(18(2)32-27(35)28(3,4)16-34)36-23-11-12-25-20(13-23)15-31-33(25)22-9-7-21(29)8-10-22/h5-15,18,26,34H,16H2,1-4H3,(H,32,35)/t18-,26+/m0/s1. The Balaban J connectivity index is 1.65. The second-order valence-electron chi connectivity index (χ2n) is 9.60. The van der Waals surface area contributed by atoms with Crippen molar-refractivity contribution < 1.29 is 23.4 Å². The van der Waals surface area contributed by atoms with Gasteiger partial charge in [-0.25, -0.2) is 13.5 Å². The summed E-state index contributed by atoms with van der Waals surface area (Å²) < 4.78 is 35.8. The average molecular weight is 494 g/mol. The van der Waals surface area contributed by atoms with Gasteiger partial charge in [0.05, 0.1) is 35.5 Å². The van der Waals surface area contributed by atoms with Crippen molar-refractivity contribution in [1.82, 2.24) is 15.1 Å². The predicted octanol–water partition coefficient (Wildman–Crippen LogP) is 5.26. The van der Waals surface area contributed by atoms with Crippen LogP contribution < -0.4 is 10.1 Å². The van der Waals surface area contributed by atoms with E-state index in [9.17, 15) is 18.7 Å². The molecule has 36 heavy (non-hydrogen) atoms. The molecule has 0 radical (unpaired) electrons. The molecule has 2 atom stereocenters. The Morgan fingerprint density at radius 3 is 2.50 bits per heavy atom. The van der Waals surface area contributed by atoms with E-state index in [2.05, 4.69) is 10.4 Å². The van der Waals surface area contributed by atoms with Crippen LogP contribution >= 0.6 is 0 Å². The summed E-state index contributed by atoms with van der Waals surface area (Å²) in [6.07, 6.45) is 0.976. The number of hydrogen-bond donors (Lipinski definition) is 2. The van der Waals surface area contributed by atoms with E-state index in [1.165, 1.54) is 18.2 Å². The lowest BCUT2D eigenvalue weighted by Crippen LogP contribution is -2.46. The van der Waals surface area contributed by atoms with E-state index in [1.807, 2.05) is 12.1 Å². The molecule has 0 aliphatic rings. The highest BCUT2D eigenvalue weighted by Crippen LogP contribution is 2.30. The van der Waals surface area contributed by atoms with Crippen LogP contribution in [0.1, 0.15) is 38.0 Å². The molecule has 1 amide bonds. The molecule has 4 rings (SSSR count). The van der Waals surface area contributed by atoms with Crippen molar-refractivity contribution in [3.63, 3.8) is 0 Å². The summed E-state index contributed by atoms with van der Waals surface area (Å²) in [5.74, 6) is -0.524. The zero-order chi connectivity index (χ0) is 26.0. The molecule has 0 aliphatic carbocycles. The van der Waals surface area contributed by atoms with Gasteiger partial charge >= 0.3 is 0 Å². The third-order valence-corrected chi connectivity index (χ3v) is 6.22. The third-order valence-electron chi connectivity index (χ3n) is 6.22. The maximum Gasteiger partial charge on any atom is 0.228 e. The number of rotatable bonds is 8.